The van der Waals surface area contributed by atoms with Crippen LogP contribution in [0, 0.1) is 0 Å². The third-order valence-corrected chi connectivity index (χ3v) is 3.38. The summed E-state index contributed by atoms with van der Waals surface area (Å²) < 4.78 is 0. The molecule has 3 aromatic rings. The van der Waals surface area contributed by atoms with Crippen molar-refractivity contribution in [3.8, 4) is 0 Å². The summed E-state index contributed by atoms with van der Waals surface area (Å²) in [6, 6.07) is 14.2. The number of rotatable bonds is 4. The van der Waals surface area contributed by atoms with Gasteiger partial charge in [-0.05, 0) is 41.3 Å². The first-order valence-corrected chi connectivity index (χ1v) is 6.81. The average Bonchev–Trinajstić information content (AvgIpc) is 2.96. The molecule has 0 spiro atoms. The van der Waals surface area contributed by atoms with E-state index >= 15 is 0 Å². The molecule has 5 heteroatoms. The standard InChI is InChI=1S/C17H14N2O3/c20-16(21)9-11-1-5-14(6-2-11)19-17(22)13-4-3-12-7-8-18-15(12)10-13/h1-8,10,18H,9H2,(H,19,22)(H,20,21). The Bertz CT molecular complexity index is 834. The van der Waals surface area contributed by atoms with Gasteiger partial charge in [0.2, 0.25) is 0 Å². The van der Waals surface area contributed by atoms with E-state index in [1.165, 1.54) is 0 Å². The molecule has 0 aliphatic rings. The van der Waals surface area contributed by atoms with Crippen molar-refractivity contribution in [1.82, 2.24) is 4.98 Å². The minimum Gasteiger partial charge on any atom is -0.481 e. The molecule has 0 unspecified atom stereocenters. The first-order valence-electron chi connectivity index (χ1n) is 6.81. The topological polar surface area (TPSA) is 82.2 Å². The Morgan fingerprint density at radius 2 is 1.82 bits per heavy atom. The first-order chi connectivity index (χ1) is 10.6. The van der Waals surface area contributed by atoms with Crippen LogP contribution >= 0.6 is 0 Å². The van der Waals surface area contributed by atoms with Crippen molar-refractivity contribution in [2.24, 2.45) is 0 Å². The van der Waals surface area contributed by atoms with Gasteiger partial charge in [-0.2, -0.15) is 0 Å². The molecule has 3 rings (SSSR count). The molecule has 1 aromatic heterocycles. The second-order valence-electron chi connectivity index (χ2n) is 5.00. The zero-order valence-corrected chi connectivity index (χ0v) is 11.7. The van der Waals surface area contributed by atoms with Crippen LogP contribution in [-0.2, 0) is 11.2 Å². The minimum atomic E-state index is -0.879. The summed E-state index contributed by atoms with van der Waals surface area (Å²) in [6.45, 7) is 0. The van der Waals surface area contributed by atoms with Gasteiger partial charge < -0.3 is 15.4 Å². The highest BCUT2D eigenvalue weighted by Crippen LogP contribution is 2.16. The molecule has 0 aliphatic heterocycles. The number of carbonyl (C=O) groups is 2. The van der Waals surface area contributed by atoms with Crippen LogP contribution in [-0.4, -0.2) is 22.0 Å². The van der Waals surface area contributed by atoms with E-state index in [1.807, 2.05) is 18.3 Å². The van der Waals surface area contributed by atoms with Gasteiger partial charge in [0, 0.05) is 23.0 Å². The highest BCUT2D eigenvalue weighted by atomic mass is 16.4. The Hall–Kier alpha value is -3.08. The lowest BCUT2D eigenvalue weighted by molar-refractivity contribution is -0.136. The summed E-state index contributed by atoms with van der Waals surface area (Å²) in [7, 11) is 0. The molecule has 0 radical (unpaired) electrons. The van der Waals surface area contributed by atoms with Gasteiger partial charge in [-0.1, -0.05) is 18.2 Å². The lowest BCUT2D eigenvalue weighted by atomic mass is 10.1. The largest absolute Gasteiger partial charge is 0.481 e. The molecule has 22 heavy (non-hydrogen) atoms. The number of anilines is 1. The van der Waals surface area contributed by atoms with Crippen molar-refractivity contribution in [2.75, 3.05) is 5.32 Å². The number of hydrogen-bond donors (Lipinski definition) is 3. The summed E-state index contributed by atoms with van der Waals surface area (Å²) in [4.78, 5) is 25.9. The number of hydrogen-bond acceptors (Lipinski definition) is 2. The SMILES string of the molecule is O=C(O)Cc1ccc(NC(=O)c2ccc3cc[nH]c3c2)cc1. The predicted molar refractivity (Wildman–Crippen MR) is 84.0 cm³/mol. The molecule has 3 N–H and O–H groups in total. The number of aromatic nitrogens is 1. The summed E-state index contributed by atoms with van der Waals surface area (Å²) in [5.41, 5.74) is 2.79. The van der Waals surface area contributed by atoms with Gasteiger partial charge in [0.15, 0.2) is 0 Å². The van der Waals surface area contributed by atoms with Gasteiger partial charge in [-0.3, -0.25) is 9.59 Å². The summed E-state index contributed by atoms with van der Waals surface area (Å²) in [5, 5.41) is 12.6. The lowest BCUT2D eigenvalue weighted by Crippen LogP contribution is -2.11. The summed E-state index contributed by atoms with van der Waals surface area (Å²) in [5.74, 6) is -1.08. The number of carboxylic acid groups (broad SMARTS) is 1. The first kappa shape index (κ1) is 13.9. The minimum absolute atomic E-state index is 0.0300. The van der Waals surface area contributed by atoms with Crippen LogP contribution in [0.3, 0.4) is 0 Å². The van der Waals surface area contributed by atoms with E-state index in [-0.39, 0.29) is 12.3 Å². The predicted octanol–water partition coefficient (Wildman–Crippen LogP) is 3.05. The Morgan fingerprint density at radius 3 is 2.55 bits per heavy atom. The smallest absolute Gasteiger partial charge is 0.307 e. The Balaban J connectivity index is 1.74. The Labute approximate surface area is 126 Å². The van der Waals surface area contributed by atoms with Crippen molar-refractivity contribution in [3.63, 3.8) is 0 Å². The van der Waals surface area contributed by atoms with Crippen LogP contribution in [0.5, 0.6) is 0 Å². The molecule has 1 heterocycles. The average molecular weight is 294 g/mol. The number of aromatic amines is 1. The van der Waals surface area contributed by atoms with E-state index in [9.17, 15) is 9.59 Å². The Kier molecular flexibility index (Phi) is 3.62. The maximum Gasteiger partial charge on any atom is 0.307 e. The highest BCUT2D eigenvalue weighted by Gasteiger charge is 2.08. The van der Waals surface area contributed by atoms with Gasteiger partial charge >= 0.3 is 5.97 Å². The van der Waals surface area contributed by atoms with E-state index in [2.05, 4.69) is 10.3 Å². The fraction of sp³-hybridized carbons (Fsp3) is 0.0588. The second kappa shape index (κ2) is 5.73. The maximum absolute atomic E-state index is 12.2. The van der Waals surface area contributed by atoms with E-state index < -0.39 is 5.97 Å². The van der Waals surface area contributed by atoms with Crippen LogP contribution in [0.25, 0.3) is 10.9 Å². The number of amides is 1. The zero-order chi connectivity index (χ0) is 15.5. The molecule has 0 aliphatic carbocycles. The van der Waals surface area contributed by atoms with Crippen molar-refractivity contribution in [3.05, 3.63) is 65.9 Å². The fourth-order valence-corrected chi connectivity index (χ4v) is 2.27. The number of aliphatic carboxylic acids is 1. The zero-order valence-electron chi connectivity index (χ0n) is 11.7. The molecule has 0 bridgehead atoms. The monoisotopic (exact) mass is 294 g/mol. The molecular formula is C17H14N2O3. The normalized spacial score (nSPS) is 10.5. The number of H-pyrrole nitrogens is 1. The molecule has 0 atom stereocenters. The van der Waals surface area contributed by atoms with Crippen LogP contribution in [0.15, 0.2) is 54.7 Å². The molecule has 1 amide bonds. The van der Waals surface area contributed by atoms with Crippen molar-refractivity contribution >= 4 is 28.5 Å². The third-order valence-electron chi connectivity index (χ3n) is 3.38. The second-order valence-corrected chi connectivity index (χ2v) is 5.00. The summed E-state index contributed by atoms with van der Waals surface area (Å²) in [6.07, 6.45) is 1.80. The van der Waals surface area contributed by atoms with E-state index in [4.69, 9.17) is 5.11 Å². The lowest BCUT2D eigenvalue weighted by Gasteiger charge is -2.06. The van der Waals surface area contributed by atoms with Crippen molar-refractivity contribution in [1.29, 1.82) is 0 Å². The van der Waals surface area contributed by atoms with E-state index in [1.54, 1.807) is 36.4 Å². The van der Waals surface area contributed by atoms with Gasteiger partial charge in [-0.15, -0.1) is 0 Å². The van der Waals surface area contributed by atoms with E-state index in [0.29, 0.717) is 16.8 Å². The number of carbonyl (C=O) groups excluding carboxylic acids is 1. The van der Waals surface area contributed by atoms with Crippen molar-refractivity contribution in [2.45, 2.75) is 6.42 Å². The van der Waals surface area contributed by atoms with Crippen LogP contribution in [0.1, 0.15) is 15.9 Å². The van der Waals surface area contributed by atoms with Gasteiger partial charge in [0.25, 0.3) is 5.91 Å². The number of benzene rings is 2. The number of carboxylic acids is 1. The van der Waals surface area contributed by atoms with Gasteiger partial charge in [-0.25, -0.2) is 0 Å². The number of fused-ring (bicyclic) bond motifs is 1. The maximum atomic E-state index is 12.2. The quantitative estimate of drug-likeness (QED) is 0.691. The molecule has 0 saturated heterocycles. The third kappa shape index (κ3) is 2.98. The molecule has 5 nitrogen and oxygen atoms in total. The van der Waals surface area contributed by atoms with Crippen LogP contribution in [0.4, 0.5) is 5.69 Å². The van der Waals surface area contributed by atoms with Crippen LogP contribution in [0.2, 0.25) is 0 Å². The van der Waals surface area contributed by atoms with Gasteiger partial charge in [0.05, 0.1) is 6.42 Å². The number of nitrogens with one attached hydrogen (secondary N) is 2. The van der Waals surface area contributed by atoms with Gasteiger partial charge in [0.1, 0.15) is 0 Å². The molecular weight excluding hydrogens is 280 g/mol. The Morgan fingerprint density at radius 1 is 1.05 bits per heavy atom. The van der Waals surface area contributed by atoms with Crippen molar-refractivity contribution < 1.29 is 14.7 Å². The summed E-state index contributed by atoms with van der Waals surface area (Å²) >= 11 is 0. The highest BCUT2D eigenvalue weighted by molar-refractivity contribution is 6.06. The molecule has 0 saturated carbocycles. The molecule has 2 aromatic carbocycles. The fourth-order valence-electron chi connectivity index (χ4n) is 2.27. The molecule has 110 valence electrons. The van der Waals surface area contributed by atoms with Crippen LogP contribution < -0.4 is 5.32 Å². The van der Waals surface area contributed by atoms with E-state index in [0.717, 1.165) is 10.9 Å². The molecule has 0 fully saturated rings.